The van der Waals surface area contributed by atoms with Gasteiger partial charge in [0, 0.05) is 12.3 Å². The number of rotatable bonds is 23. The monoisotopic (exact) mass is 757 g/mol. The summed E-state index contributed by atoms with van der Waals surface area (Å²) in [6, 6.07) is -5.97. The molecule has 18 nitrogen and oxygen atoms in total. The van der Waals surface area contributed by atoms with Crippen LogP contribution in [-0.4, -0.2) is 126 Å². The molecule has 1 aliphatic rings. The van der Waals surface area contributed by atoms with Crippen LogP contribution in [0.1, 0.15) is 79.6 Å². The molecule has 0 aromatic carbocycles. The standard InChI is InChI=1S/C33H59N9O9S/c1-18(2)13-22(29(46)37-16-27(44)40-24(17-52)33(50)51)41-30(47)23(14-19(3)4)39-26(43)15-36-28(45)20(5)38-31(48)25-10-8-12-42(25)32(49)21(35)9-6-7-11-34/h18-25,52H,6-17,34-35H2,1-5H3,(H,36,45)(H,37,46)(H,38,48)(H,39,43)(H,40,44)(H,41,47)(H,50,51)/t20-,21-,22-,23-,24-,25-/m0/s1. The van der Waals surface area contributed by atoms with Gasteiger partial charge in [0.25, 0.3) is 0 Å². The second kappa shape index (κ2) is 23.6. The van der Waals surface area contributed by atoms with Gasteiger partial charge in [0.05, 0.1) is 19.1 Å². The predicted molar refractivity (Wildman–Crippen MR) is 195 cm³/mol. The van der Waals surface area contributed by atoms with Crippen molar-refractivity contribution in [3.63, 3.8) is 0 Å². The number of carboxylic acid groups (broad SMARTS) is 1. The molecule has 0 aromatic rings. The van der Waals surface area contributed by atoms with E-state index < -0.39 is 90.8 Å². The Labute approximate surface area is 310 Å². The third-order valence-corrected chi connectivity index (χ3v) is 8.60. The van der Waals surface area contributed by atoms with Crippen LogP contribution in [0.4, 0.5) is 0 Å². The van der Waals surface area contributed by atoms with Crippen molar-refractivity contribution < 1.29 is 43.5 Å². The summed E-state index contributed by atoms with van der Waals surface area (Å²) < 4.78 is 0. The van der Waals surface area contributed by atoms with Crippen LogP contribution in [0.2, 0.25) is 0 Å². The number of nitrogens with zero attached hydrogens (tertiary/aromatic N) is 1. The van der Waals surface area contributed by atoms with Gasteiger partial charge in [0.2, 0.25) is 41.4 Å². The van der Waals surface area contributed by atoms with Gasteiger partial charge in [-0.25, -0.2) is 4.79 Å². The molecule has 1 saturated heterocycles. The average Bonchev–Trinajstić information content (AvgIpc) is 3.57. The summed E-state index contributed by atoms with van der Waals surface area (Å²) in [4.78, 5) is 103. The molecule has 19 heteroatoms. The first-order valence-corrected chi connectivity index (χ1v) is 18.4. The zero-order chi connectivity index (χ0) is 39.5. The maximum absolute atomic E-state index is 13.3. The molecule has 0 spiro atoms. The Kier molecular flexibility index (Phi) is 20.9. The largest absolute Gasteiger partial charge is 0.480 e. The molecule has 1 aliphatic heterocycles. The van der Waals surface area contributed by atoms with Crippen LogP contribution in [0.25, 0.3) is 0 Å². The molecule has 0 aliphatic carbocycles. The molecule has 52 heavy (non-hydrogen) atoms. The van der Waals surface area contributed by atoms with Crippen molar-refractivity contribution in [3.05, 3.63) is 0 Å². The van der Waals surface area contributed by atoms with Gasteiger partial charge in [0.1, 0.15) is 30.2 Å². The zero-order valence-electron chi connectivity index (χ0n) is 30.9. The highest BCUT2D eigenvalue weighted by Crippen LogP contribution is 2.19. The summed E-state index contributed by atoms with van der Waals surface area (Å²) in [6.07, 6.45) is 3.30. The molecule has 7 amide bonds. The first-order valence-electron chi connectivity index (χ1n) is 17.8. The first-order chi connectivity index (χ1) is 24.4. The van der Waals surface area contributed by atoms with Crippen molar-refractivity contribution in [1.82, 2.24) is 36.8 Å². The summed E-state index contributed by atoms with van der Waals surface area (Å²) in [6.45, 7) is 8.58. The number of amides is 7. The van der Waals surface area contributed by atoms with Gasteiger partial charge in [-0.2, -0.15) is 12.6 Å². The number of unbranched alkanes of at least 4 members (excludes halogenated alkanes) is 1. The molecule has 6 atom stereocenters. The van der Waals surface area contributed by atoms with Crippen LogP contribution in [-0.2, 0) is 38.4 Å². The van der Waals surface area contributed by atoms with E-state index in [2.05, 4.69) is 44.5 Å². The number of carbonyl (C=O) groups excluding carboxylic acids is 7. The van der Waals surface area contributed by atoms with Gasteiger partial charge in [-0.1, -0.05) is 34.1 Å². The van der Waals surface area contributed by atoms with Gasteiger partial charge in [-0.15, -0.1) is 0 Å². The molecular formula is C33H59N9O9S. The van der Waals surface area contributed by atoms with Crippen molar-refractivity contribution in [2.75, 3.05) is 31.9 Å². The maximum Gasteiger partial charge on any atom is 0.327 e. The van der Waals surface area contributed by atoms with Crippen molar-refractivity contribution in [3.8, 4) is 0 Å². The fourth-order valence-electron chi connectivity index (χ4n) is 5.49. The SMILES string of the molecule is CC(C)C[C@H](NC(=O)CNC(=O)[C@H](C)NC(=O)[C@@H]1CCCN1C(=O)[C@@H](N)CCCCN)C(=O)N[C@@H](CC(C)C)C(=O)NCC(=O)N[C@@H](CS)C(=O)O. The van der Waals surface area contributed by atoms with Crippen LogP contribution >= 0.6 is 12.6 Å². The Balaban J connectivity index is 2.77. The highest BCUT2D eigenvalue weighted by molar-refractivity contribution is 7.80. The molecular weight excluding hydrogens is 698 g/mol. The van der Waals surface area contributed by atoms with E-state index in [4.69, 9.17) is 16.6 Å². The van der Waals surface area contributed by atoms with E-state index in [9.17, 15) is 38.4 Å². The van der Waals surface area contributed by atoms with Crippen LogP contribution in [0.5, 0.6) is 0 Å². The summed E-state index contributed by atoms with van der Waals surface area (Å²) in [5, 5.41) is 24.0. The number of likely N-dealkylation sites (tertiary alicyclic amines) is 1. The average molecular weight is 758 g/mol. The number of hydrogen-bond acceptors (Lipinski definition) is 11. The number of aliphatic carboxylic acids is 1. The van der Waals surface area contributed by atoms with E-state index in [1.54, 1.807) is 0 Å². The van der Waals surface area contributed by atoms with Gasteiger partial charge < -0.3 is 53.4 Å². The number of carbonyl (C=O) groups is 8. The molecule has 296 valence electrons. The number of hydrogen-bond donors (Lipinski definition) is 10. The lowest BCUT2D eigenvalue weighted by Crippen LogP contribution is -2.57. The third-order valence-electron chi connectivity index (χ3n) is 8.24. The Morgan fingerprint density at radius 2 is 1.31 bits per heavy atom. The predicted octanol–water partition coefficient (Wildman–Crippen LogP) is -2.27. The van der Waals surface area contributed by atoms with Crippen molar-refractivity contribution in [2.24, 2.45) is 23.3 Å². The quantitative estimate of drug-likeness (QED) is 0.0392. The van der Waals surface area contributed by atoms with Gasteiger partial charge in [-0.3, -0.25) is 33.6 Å². The maximum atomic E-state index is 13.3. The lowest BCUT2D eigenvalue weighted by Gasteiger charge is -2.27. The van der Waals surface area contributed by atoms with E-state index in [-0.39, 0.29) is 36.3 Å². The van der Waals surface area contributed by atoms with E-state index in [1.165, 1.54) is 11.8 Å². The van der Waals surface area contributed by atoms with Crippen molar-refractivity contribution >= 4 is 59.9 Å². The lowest BCUT2D eigenvalue weighted by atomic mass is 10.00. The van der Waals surface area contributed by atoms with E-state index >= 15 is 0 Å². The number of nitrogens with one attached hydrogen (secondary N) is 6. The van der Waals surface area contributed by atoms with Crippen molar-refractivity contribution in [2.45, 2.75) is 116 Å². The summed E-state index contributed by atoms with van der Waals surface area (Å²) in [5.41, 5.74) is 11.6. The highest BCUT2D eigenvalue weighted by Gasteiger charge is 2.37. The Morgan fingerprint density at radius 1 is 0.769 bits per heavy atom. The van der Waals surface area contributed by atoms with Gasteiger partial charge >= 0.3 is 5.97 Å². The third kappa shape index (κ3) is 16.6. The van der Waals surface area contributed by atoms with E-state index in [0.717, 1.165) is 6.42 Å². The summed E-state index contributed by atoms with van der Waals surface area (Å²) in [7, 11) is 0. The Morgan fingerprint density at radius 3 is 1.83 bits per heavy atom. The van der Waals surface area contributed by atoms with E-state index in [1.807, 2.05) is 27.7 Å². The van der Waals surface area contributed by atoms with Crippen LogP contribution in [0.15, 0.2) is 0 Å². The lowest BCUT2D eigenvalue weighted by molar-refractivity contribution is -0.141. The molecule has 1 fully saturated rings. The minimum absolute atomic E-state index is 0.0532. The van der Waals surface area contributed by atoms with Crippen molar-refractivity contribution in [1.29, 1.82) is 0 Å². The zero-order valence-corrected chi connectivity index (χ0v) is 31.8. The minimum Gasteiger partial charge on any atom is -0.480 e. The molecule has 0 saturated carbocycles. The number of carboxylic acids is 1. The van der Waals surface area contributed by atoms with Crippen LogP contribution in [0, 0.1) is 11.8 Å². The molecule has 0 aromatic heterocycles. The number of thiol groups is 1. The molecule has 0 unspecified atom stereocenters. The molecule has 1 rings (SSSR count). The fourth-order valence-corrected chi connectivity index (χ4v) is 5.74. The summed E-state index contributed by atoms with van der Waals surface area (Å²) >= 11 is 3.88. The smallest absolute Gasteiger partial charge is 0.327 e. The second-order valence-electron chi connectivity index (χ2n) is 13.8. The highest BCUT2D eigenvalue weighted by atomic mass is 32.1. The van der Waals surface area contributed by atoms with Crippen LogP contribution < -0.4 is 43.4 Å². The normalized spacial score (nSPS) is 17.0. The van der Waals surface area contributed by atoms with Gasteiger partial charge in [0.15, 0.2) is 0 Å². The summed E-state index contributed by atoms with van der Waals surface area (Å²) in [5.74, 6) is -5.83. The molecule has 11 N–H and O–H groups in total. The minimum atomic E-state index is -1.28. The Hall–Kier alpha value is -3.97. The molecule has 0 bridgehead atoms. The van der Waals surface area contributed by atoms with Gasteiger partial charge in [-0.05, 0) is 63.8 Å². The second-order valence-corrected chi connectivity index (χ2v) is 14.2. The fraction of sp³-hybridized carbons (Fsp3) is 0.758. The van der Waals surface area contributed by atoms with Crippen LogP contribution in [0.3, 0.4) is 0 Å². The topological polar surface area (TPSA) is 284 Å². The number of nitrogens with two attached hydrogens (primary N) is 2. The first kappa shape index (κ1) is 46.1. The Bertz CT molecular complexity index is 1250. The molecule has 1 heterocycles. The molecule has 0 radical (unpaired) electrons. The van der Waals surface area contributed by atoms with E-state index in [0.29, 0.717) is 38.8 Å².